The number of ketones is 1. The van der Waals surface area contributed by atoms with E-state index in [-0.39, 0.29) is 46.5 Å². The molecule has 1 heterocycles. The van der Waals surface area contributed by atoms with Gasteiger partial charge in [0.25, 0.3) is 0 Å². The summed E-state index contributed by atoms with van der Waals surface area (Å²) in [6.45, 7) is 8.54. The second-order valence-electron chi connectivity index (χ2n) is 9.28. The molecule has 1 aliphatic heterocycles. The van der Waals surface area contributed by atoms with Crippen LogP contribution in [-0.4, -0.2) is 26.2 Å². The first-order valence-corrected chi connectivity index (χ1v) is 11.5. The van der Waals surface area contributed by atoms with Crippen LogP contribution >= 0.6 is 0 Å². The Hall–Kier alpha value is -3.15. The molecule has 178 valence electrons. The average molecular weight is 455 g/mol. The van der Waals surface area contributed by atoms with Crippen molar-refractivity contribution in [2.45, 2.75) is 65.9 Å². The molecule has 2 aromatic carbocycles. The lowest BCUT2D eigenvalue weighted by atomic mass is 9.83. The molecule has 0 amide bonds. The van der Waals surface area contributed by atoms with Gasteiger partial charge in [0.1, 0.15) is 40.4 Å². The molecule has 33 heavy (non-hydrogen) atoms. The molecule has 6 nitrogen and oxygen atoms in total. The predicted octanol–water partition coefficient (Wildman–Crippen LogP) is 6.17. The Morgan fingerprint density at radius 1 is 1.12 bits per heavy atom. The van der Waals surface area contributed by atoms with Crippen LogP contribution < -0.4 is 4.74 Å². The number of Topliss-reactive ketones (excluding diaryl/α,β-unsaturated/α-hetero) is 1. The van der Waals surface area contributed by atoms with E-state index in [0.717, 1.165) is 19.3 Å². The van der Waals surface area contributed by atoms with Gasteiger partial charge >= 0.3 is 0 Å². The van der Waals surface area contributed by atoms with Gasteiger partial charge in [-0.15, -0.1) is 0 Å². The Kier molecular flexibility index (Phi) is 7.57. The van der Waals surface area contributed by atoms with Crippen molar-refractivity contribution in [3.05, 3.63) is 52.6 Å². The summed E-state index contributed by atoms with van der Waals surface area (Å²) in [7, 11) is 0. The maximum absolute atomic E-state index is 12.9. The Morgan fingerprint density at radius 3 is 2.48 bits per heavy atom. The summed E-state index contributed by atoms with van der Waals surface area (Å²) < 4.78 is 6.12. The number of ether oxygens (including phenoxy) is 1. The molecule has 0 radical (unpaired) electrons. The second-order valence-corrected chi connectivity index (χ2v) is 9.28. The van der Waals surface area contributed by atoms with E-state index in [9.17, 15) is 25.2 Å². The van der Waals surface area contributed by atoms with E-state index in [4.69, 9.17) is 4.74 Å². The Labute approximate surface area is 195 Å². The van der Waals surface area contributed by atoms with Gasteiger partial charge in [0.05, 0.1) is 6.42 Å². The highest BCUT2D eigenvalue weighted by atomic mass is 16.5. The topological polar surface area (TPSA) is 107 Å². The monoisotopic (exact) mass is 454 g/mol. The van der Waals surface area contributed by atoms with Crippen molar-refractivity contribution in [2.75, 3.05) is 0 Å². The van der Waals surface area contributed by atoms with Crippen molar-refractivity contribution in [3.63, 3.8) is 0 Å². The molecule has 0 spiro atoms. The van der Waals surface area contributed by atoms with Crippen molar-refractivity contribution in [2.24, 2.45) is 11.8 Å². The summed E-state index contributed by atoms with van der Waals surface area (Å²) >= 11 is 0. The predicted molar refractivity (Wildman–Crippen MR) is 127 cm³/mol. The fourth-order valence-corrected chi connectivity index (χ4v) is 4.43. The summed E-state index contributed by atoms with van der Waals surface area (Å²) in [5.41, 5.74) is 2.19. The first-order valence-electron chi connectivity index (χ1n) is 11.5. The van der Waals surface area contributed by atoms with Gasteiger partial charge < -0.3 is 25.2 Å². The lowest BCUT2D eigenvalue weighted by Crippen LogP contribution is -2.22. The molecule has 3 atom stereocenters. The Morgan fingerprint density at radius 2 is 1.85 bits per heavy atom. The third kappa shape index (κ3) is 5.44. The van der Waals surface area contributed by atoms with Gasteiger partial charge in [-0.05, 0) is 57.1 Å². The highest BCUT2D eigenvalue weighted by Crippen LogP contribution is 2.47. The van der Waals surface area contributed by atoms with E-state index in [1.807, 2.05) is 0 Å². The molecule has 0 aromatic heterocycles. The number of carbonyl (C=O) groups excluding carboxylic acids is 1. The van der Waals surface area contributed by atoms with Gasteiger partial charge in [-0.3, -0.25) is 4.79 Å². The van der Waals surface area contributed by atoms with Crippen molar-refractivity contribution < 1.29 is 30.0 Å². The number of hydrogen-bond acceptors (Lipinski definition) is 6. The molecule has 1 aliphatic rings. The largest absolute Gasteiger partial charge is 0.508 e. The van der Waals surface area contributed by atoms with E-state index < -0.39 is 6.10 Å². The molecule has 0 saturated carbocycles. The minimum absolute atomic E-state index is 0.0703. The van der Waals surface area contributed by atoms with Crippen LogP contribution in [0.25, 0.3) is 0 Å². The van der Waals surface area contributed by atoms with Crippen molar-refractivity contribution in [1.29, 1.82) is 0 Å². The van der Waals surface area contributed by atoms with Crippen LogP contribution in [-0.2, 0) is 6.42 Å². The number of phenolic OH excluding ortho intramolecular Hbond substituents is 4. The Bertz CT molecular complexity index is 1050. The maximum Gasteiger partial charge on any atom is 0.174 e. The first-order chi connectivity index (χ1) is 15.6. The van der Waals surface area contributed by atoms with E-state index in [2.05, 4.69) is 33.8 Å². The van der Waals surface area contributed by atoms with E-state index in [1.54, 1.807) is 0 Å². The van der Waals surface area contributed by atoms with Crippen LogP contribution in [0.5, 0.6) is 28.7 Å². The quantitative estimate of drug-likeness (QED) is 0.356. The number of benzene rings is 2. The SMILES string of the molecule is CCC(C)C(CC=C(C)C)CCc1c(O)cc(O)c2c1OC(c1ccc(O)cc1O)CC2=O. The standard InChI is InChI=1S/C27H34O6/c1-5-16(4)17(7-6-15(2)3)8-10-20-22(30)13-23(31)26-24(32)14-25(33-27(20)26)19-11-9-18(28)12-21(19)29/h6,9,11-13,16-17,25,28-31H,5,7-8,10,14H2,1-4H3. The summed E-state index contributed by atoms with van der Waals surface area (Å²) in [4.78, 5) is 12.9. The van der Waals surface area contributed by atoms with Crippen LogP contribution in [0.15, 0.2) is 35.9 Å². The van der Waals surface area contributed by atoms with E-state index in [1.165, 1.54) is 29.8 Å². The normalized spacial score (nSPS) is 17.1. The molecular weight excluding hydrogens is 420 g/mol. The van der Waals surface area contributed by atoms with Gasteiger partial charge in [0, 0.05) is 23.3 Å². The van der Waals surface area contributed by atoms with Crippen molar-refractivity contribution >= 4 is 5.78 Å². The molecule has 0 bridgehead atoms. The number of rotatable bonds is 8. The summed E-state index contributed by atoms with van der Waals surface area (Å²) in [5.74, 6) is 0.0297. The van der Waals surface area contributed by atoms with Crippen LogP contribution in [0, 0.1) is 11.8 Å². The molecule has 0 saturated heterocycles. The zero-order valence-electron chi connectivity index (χ0n) is 19.8. The van der Waals surface area contributed by atoms with Gasteiger partial charge in [-0.25, -0.2) is 0 Å². The van der Waals surface area contributed by atoms with Crippen LogP contribution in [0.1, 0.15) is 81.0 Å². The van der Waals surface area contributed by atoms with Gasteiger partial charge in [0.2, 0.25) is 0 Å². The molecule has 6 heteroatoms. The molecule has 3 rings (SSSR count). The third-order valence-corrected chi connectivity index (χ3v) is 6.65. The van der Waals surface area contributed by atoms with Crippen molar-refractivity contribution in [1.82, 2.24) is 0 Å². The van der Waals surface area contributed by atoms with Crippen LogP contribution in [0.2, 0.25) is 0 Å². The number of hydrogen-bond donors (Lipinski definition) is 4. The number of allylic oxidation sites excluding steroid dienone is 2. The molecule has 2 aromatic rings. The minimum atomic E-state index is -0.790. The van der Waals surface area contributed by atoms with E-state index >= 15 is 0 Å². The zero-order valence-corrected chi connectivity index (χ0v) is 19.8. The molecule has 0 aliphatic carbocycles. The molecule has 4 N–H and O–H groups in total. The number of phenols is 4. The number of aromatic hydroxyl groups is 4. The Balaban J connectivity index is 1.95. The van der Waals surface area contributed by atoms with Crippen LogP contribution in [0.4, 0.5) is 0 Å². The minimum Gasteiger partial charge on any atom is -0.508 e. The summed E-state index contributed by atoms with van der Waals surface area (Å²) in [6, 6.07) is 5.33. The fraction of sp³-hybridized carbons (Fsp3) is 0.444. The zero-order chi connectivity index (χ0) is 24.3. The van der Waals surface area contributed by atoms with Gasteiger partial charge in [-0.2, -0.15) is 0 Å². The fourth-order valence-electron chi connectivity index (χ4n) is 4.43. The summed E-state index contributed by atoms with van der Waals surface area (Å²) in [6.07, 6.45) is 4.62. The molecule has 0 fully saturated rings. The molecule has 3 unspecified atom stereocenters. The smallest absolute Gasteiger partial charge is 0.174 e. The lowest BCUT2D eigenvalue weighted by molar-refractivity contribution is 0.0839. The number of fused-ring (bicyclic) bond motifs is 1. The molecular formula is C27H34O6. The summed E-state index contributed by atoms with van der Waals surface area (Å²) in [5, 5.41) is 40.9. The third-order valence-electron chi connectivity index (χ3n) is 6.65. The van der Waals surface area contributed by atoms with Gasteiger partial charge in [-0.1, -0.05) is 31.9 Å². The highest BCUT2D eigenvalue weighted by Gasteiger charge is 2.35. The second kappa shape index (κ2) is 10.2. The maximum atomic E-state index is 12.9. The lowest BCUT2D eigenvalue weighted by Gasteiger charge is -2.29. The van der Waals surface area contributed by atoms with Gasteiger partial charge in [0.15, 0.2) is 5.78 Å². The van der Waals surface area contributed by atoms with Crippen molar-refractivity contribution in [3.8, 4) is 28.7 Å². The average Bonchev–Trinajstić information content (AvgIpc) is 2.74. The first kappa shape index (κ1) is 24.5. The van der Waals surface area contributed by atoms with Crippen LogP contribution in [0.3, 0.4) is 0 Å². The number of carbonyl (C=O) groups is 1. The highest BCUT2D eigenvalue weighted by molar-refractivity contribution is 6.03. The van der Waals surface area contributed by atoms with E-state index in [0.29, 0.717) is 29.4 Å².